The first-order chi connectivity index (χ1) is 14.1. The van der Waals surface area contributed by atoms with Crippen LogP contribution in [0.4, 0.5) is 5.69 Å². The summed E-state index contributed by atoms with van der Waals surface area (Å²) in [7, 11) is 0. The summed E-state index contributed by atoms with van der Waals surface area (Å²) < 4.78 is 0. The number of piperidine rings is 1. The van der Waals surface area contributed by atoms with Gasteiger partial charge in [-0.3, -0.25) is 14.4 Å². The highest BCUT2D eigenvalue weighted by molar-refractivity contribution is 5.87. The zero-order valence-corrected chi connectivity index (χ0v) is 16.9. The molecule has 1 aliphatic carbocycles. The van der Waals surface area contributed by atoms with Crippen molar-refractivity contribution < 1.29 is 14.4 Å². The number of nitrogens with one attached hydrogen (secondary N) is 1. The van der Waals surface area contributed by atoms with Crippen LogP contribution in [-0.2, 0) is 14.4 Å². The van der Waals surface area contributed by atoms with Crippen LogP contribution in [0.25, 0.3) is 0 Å². The van der Waals surface area contributed by atoms with Crippen LogP contribution in [0.15, 0.2) is 30.3 Å². The van der Waals surface area contributed by atoms with E-state index in [1.165, 1.54) is 5.69 Å². The van der Waals surface area contributed by atoms with Gasteiger partial charge in [-0.25, -0.2) is 0 Å². The SMILES string of the molecule is O=C(NCC(=O)N1CCN(c2ccccc2)CC1)[C@H]1CCCN(C(=O)C2CC2)C1. The molecule has 156 valence electrons. The quantitative estimate of drug-likeness (QED) is 0.806. The van der Waals surface area contributed by atoms with Gasteiger partial charge in [0.25, 0.3) is 0 Å². The monoisotopic (exact) mass is 398 g/mol. The number of rotatable bonds is 5. The number of hydrogen-bond donors (Lipinski definition) is 1. The standard InChI is InChI=1S/C22H30N4O3/c27-20(25-13-11-24(12-14-25)19-6-2-1-3-7-19)15-23-21(28)18-5-4-10-26(16-18)22(29)17-8-9-17/h1-3,6-7,17-18H,4-5,8-16H2,(H,23,28)/t18-/m0/s1. The van der Waals surface area contributed by atoms with E-state index in [2.05, 4.69) is 22.3 Å². The fraction of sp³-hybridized carbons (Fsp3) is 0.591. The summed E-state index contributed by atoms with van der Waals surface area (Å²) in [4.78, 5) is 43.3. The third kappa shape index (κ3) is 4.89. The van der Waals surface area contributed by atoms with Gasteiger partial charge in [-0.15, -0.1) is 0 Å². The van der Waals surface area contributed by atoms with Crippen molar-refractivity contribution in [2.75, 3.05) is 50.7 Å². The van der Waals surface area contributed by atoms with E-state index in [1.807, 2.05) is 28.0 Å². The molecule has 2 heterocycles. The summed E-state index contributed by atoms with van der Waals surface area (Å²) in [6.07, 6.45) is 3.60. The number of nitrogens with zero attached hydrogens (tertiary/aromatic N) is 3. The number of para-hydroxylation sites is 1. The molecule has 1 N–H and O–H groups in total. The molecule has 2 saturated heterocycles. The highest BCUT2D eigenvalue weighted by Gasteiger charge is 2.36. The average molecular weight is 399 g/mol. The number of hydrogen-bond acceptors (Lipinski definition) is 4. The van der Waals surface area contributed by atoms with Gasteiger partial charge in [-0.05, 0) is 37.8 Å². The lowest BCUT2D eigenvalue weighted by Gasteiger charge is -2.36. The second-order valence-electron chi connectivity index (χ2n) is 8.32. The number of likely N-dealkylation sites (tertiary alicyclic amines) is 1. The smallest absolute Gasteiger partial charge is 0.242 e. The average Bonchev–Trinajstić information content (AvgIpc) is 3.63. The lowest BCUT2D eigenvalue weighted by molar-refractivity contribution is -0.138. The van der Waals surface area contributed by atoms with Gasteiger partial charge in [0.2, 0.25) is 17.7 Å². The largest absolute Gasteiger partial charge is 0.368 e. The Kier molecular flexibility index (Phi) is 6.02. The van der Waals surface area contributed by atoms with Gasteiger partial charge in [0.15, 0.2) is 0 Å². The Hall–Kier alpha value is -2.57. The Bertz CT molecular complexity index is 742. The van der Waals surface area contributed by atoms with Gasteiger partial charge in [0.05, 0.1) is 12.5 Å². The van der Waals surface area contributed by atoms with Crippen molar-refractivity contribution in [3.05, 3.63) is 30.3 Å². The number of carbonyl (C=O) groups is 3. The lowest BCUT2D eigenvalue weighted by Crippen LogP contribution is -2.52. The minimum Gasteiger partial charge on any atom is -0.368 e. The summed E-state index contributed by atoms with van der Waals surface area (Å²) >= 11 is 0. The van der Waals surface area contributed by atoms with Crippen molar-refractivity contribution in [3.8, 4) is 0 Å². The van der Waals surface area contributed by atoms with Crippen molar-refractivity contribution >= 4 is 23.4 Å². The van der Waals surface area contributed by atoms with Crippen LogP contribution in [0.5, 0.6) is 0 Å². The highest BCUT2D eigenvalue weighted by atomic mass is 16.2. The summed E-state index contributed by atoms with van der Waals surface area (Å²) in [5.41, 5.74) is 1.18. The minimum atomic E-state index is -0.200. The first-order valence-corrected chi connectivity index (χ1v) is 10.8. The summed E-state index contributed by atoms with van der Waals surface area (Å²) in [6.45, 7) is 4.20. The molecule has 3 amide bonds. The van der Waals surface area contributed by atoms with Crippen LogP contribution in [-0.4, -0.2) is 73.3 Å². The van der Waals surface area contributed by atoms with E-state index in [0.29, 0.717) is 19.6 Å². The molecule has 3 aliphatic rings. The van der Waals surface area contributed by atoms with E-state index in [0.717, 1.165) is 45.3 Å². The zero-order valence-electron chi connectivity index (χ0n) is 16.9. The Balaban J connectivity index is 1.20. The fourth-order valence-corrected chi connectivity index (χ4v) is 4.25. The molecule has 3 fully saturated rings. The second kappa shape index (κ2) is 8.84. The van der Waals surface area contributed by atoms with Crippen LogP contribution >= 0.6 is 0 Å². The van der Waals surface area contributed by atoms with Crippen LogP contribution in [0.2, 0.25) is 0 Å². The fourth-order valence-electron chi connectivity index (χ4n) is 4.25. The third-order valence-electron chi connectivity index (χ3n) is 6.20. The Morgan fingerprint density at radius 1 is 0.862 bits per heavy atom. The van der Waals surface area contributed by atoms with Crippen molar-refractivity contribution in [2.45, 2.75) is 25.7 Å². The van der Waals surface area contributed by atoms with Crippen molar-refractivity contribution in [1.82, 2.24) is 15.1 Å². The van der Waals surface area contributed by atoms with E-state index in [4.69, 9.17) is 0 Å². The van der Waals surface area contributed by atoms with Gasteiger partial charge in [-0.1, -0.05) is 18.2 Å². The number of carbonyl (C=O) groups excluding carboxylic acids is 3. The summed E-state index contributed by atoms with van der Waals surface area (Å²) in [5.74, 6) is 0.0549. The maximum atomic E-state index is 12.5. The molecule has 7 heteroatoms. The Labute approximate surface area is 172 Å². The molecule has 2 aliphatic heterocycles. The molecule has 0 unspecified atom stereocenters. The normalized spacial score (nSPS) is 22.3. The molecule has 4 rings (SSSR count). The molecule has 7 nitrogen and oxygen atoms in total. The van der Waals surface area contributed by atoms with Crippen LogP contribution in [0.3, 0.4) is 0 Å². The van der Waals surface area contributed by atoms with Crippen molar-refractivity contribution in [3.63, 3.8) is 0 Å². The van der Waals surface area contributed by atoms with Gasteiger partial charge in [0, 0.05) is 50.9 Å². The van der Waals surface area contributed by atoms with E-state index < -0.39 is 0 Å². The van der Waals surface area contributed by atoms with Crippen LogP contribution in [0, 0.1) is 11.8 Å². The molecular formula is C22H30N4O3. The molecule has 0 radical (unpaired) electrons. The predicted octanol–water partition coefficient (Wildman–Crippen LogP) is 1.10. The Morgan fingerprint density at radius 3 is 2.28 bits per heavy atom. The predicted molar refractivity (Wildman–Crippen MR) is 110 cm³/mol. The summed E-state index contributed by atoms with van der Waals surface area (Å²) in [6, 6.07) is 10.2. The highest BCUT2D eigenvalue weighted by Crippen LogP contribution is 2.32. The molecule has 29 heavy (non-hydrogen) atoms. The van der Waals surface area contributed by atoms with Crippen molar-refractivity contribution in [1.29, 1.82) is 0 Å². The number of benzene rings is 1. The minimum absolute atomic E-state index is 0.0345. The van der Waals surface area contributed by atoms with E-state index in [9.17, 15) is 14.4 Å². The maximum Gasteiger partial charge on any atom is 0.242 e. The molecule has 0 spiro atoms. The van der Waals surface area contributed by atoms with Crippen LogP contribution < -0.4 is 10.2 Å². The van der Waals surface area contributed by atoms with Gasteiger partial charge in [0.1, 0.15) is 0 Å². The van der Waals surface area contributed by atoms with E-state index in [-0.39, 0.29) is 36.1 Å². The molecule has 1 atom stereocenters. The first-order valence-electron chi connectivity index (χ1n) is 10.8. The van der Waals surface area contributed by atoms with Gasteiger partial charge < -0.3 is 20.0 Å². The summed E-state index contributed by atoms with van der Waals surface area (Å²) in [5, 5.41) is 2.81. The van der Waals surface area contributed by atoms with Gasteiger partial charge >= 0.3 is 0 Å². The zero-order chi connectivity index (χ0) is 20.2. The van der Waals surface area contributed by atoms with E-state index >= 15 is 0 Å². The molecule has 1 saturated carbocycles. The maximum absolute atomic E-state index is 12.5. The van der Waals surface area contributed by atoms with Crippen LogP contribution in [0.1, 0.15) is 25.7 Å². The third-order valence-corrected chi connectivity index (χ3v) is 6.20. The Morgan fingerprint density at radius 2 is 1.59 bits per heavy atom. The molecule has 0 aromatic heterocycles. The number of piperazine rings is 1. The van der Waals surface area contributed by atoms with Gasteiger partial charge in [-0.2, -0.15) is 0 Å². The molecule has 1 aromatic rings. The molecule has 1 aromatic carbocycles. The van der Waals surface area contributed by atoms with Crippen molar-refractivity contribution in [2.24, 2.45) is 11.8 Å². The number of amides is 3. The number of anilines is 1. The molecular weight excluding hydrogens is 368 g/mol. The first kappa shape index (κ1) is 19.7. The topological polar surface area (TPSA) is 73.0 Å². The molecule has 0 bridgehead atoms. The lowest BCUT2D eigenvalue weighted by atomic mass is 9.96. The van der Waals surface area contributed by atoms with E-state index in [1.54, 1.807) is 0 Å². The second-order valence-corrected chi connectivity index (χ2v) is 8.32.